The topological polar surface area (TPSA) is 46.3 Å². The highest BCUT2D eigenvalue weighted by molar-refractivity contribution is 7.99. The van der Waals surface area contributed by atoms with E-state index >= 15 is 0 Å². The lowest BCUT2D eigenvalue weighted by atomic mass is 9.71. The fourth-order valence-corrected chi connectivity index (χ4v) is 4.98. The van der Waals surface area contributed by atoms with Crippen molar-refractivity contribution in [2.45, 2.75) is 70.0 Å². The molecule has 2 aliphatic rings. The molecule has 1 atom stereocenters. The van der Waals surface area contributed by atoms with E-state index in [1.807, 2.05) is 11.8 Å². The molecule has 3 nitrogen and oxygen atoms in total. The third-order valence-electron chi connectivity index (χ3n) is 5.26. The highest BCUT2D eigenvalue weighted by Gasteiger charge is 2.35. The predicted molar refractivity (Wildman–Crippen MR) is 98.8 cm³/mol. The fourth-order valence-electron chi connectivity index (χ4n) is 3.89. The second kappa shape index (κ2) is 10.0. The maximum Gasteiger partial charge on any atom is 0.223 e. The molecular formula is C17H33ClN2OS. The molecular weight excluding hydrogens is 316 g/mol. The zero-order valence-corrected chi connectivity index (χ0v) is 15.7. The summed E-state index contributed by atoms with van der Waals surface area (Å²) in [5, 5.41) is 0.640. The maximum absolute atomic E-state index is 12.8. The van der Waals surface area contributed by atoms with E-state index in [1.165, 1.54) is 38.5 Å². The standard InChI is InChI=1S/C17H32N2OS.ClH/c1-2-21-15-8-4-7-11-19(13-15)16(20)12-17(14-18)9-5-3-6-10-17;/h15H,2-14,18H2,1H3;1H. The van der Waals surface area contributed by atoms with Crippen molar-refractivity contribution in [2.75, 3.05) is 25.4 Å². The summed E-state index contributed by atoms with van der Waals surface area (Å²) in [5.41, 5.74) is 6.15. The van der Waals surface area contributed by atoms with Crippen molar-refractivity contribution in [2.24, 2.45) is 11.1 Å². The Labute approximate surface area is 146 Å². The van der Waals surface area contributed by atoms with Gasteiger partial charge in [-0.25, -0.2) is 0 Å². The number of thioether (sulfide) groups is 1. The van der Waals surface area contributed by atoms with E-state index < -0.39 is 0 Å². The van der Waals surface area contributed by atoms with Gasteiger partial charge in [0.15, 0.2) is 0 Å². The van der Waals surface area contributed by atoms with Crippen molar-refractivity contribution in [3.05, 3.63) is 0 Å². The van der Waals surface area contributed by atoms with Crippen LogP contribution in [-0.4, -0.2) is 41.4 Å². The molecule has 1 heterocycles. The summed E-state index contributed by atoms with van der Waals surface area (Å²) >= 11 is 2.02. The van der Waals surface area contributed by atoms with Gasteiger partial charge in [0.25, 0.3) is 0 Å². The Morgan fingerprint density at radius 2 is 1.95 bits per heavy atom. The van der Waals surface area contributed by atoms with Crippen LogP contribution in [0.5, 0.6) is 0 Å². The van der Waals surface area contributed by atoms with E-state index in [1.54, 1.807) is 0 Å². The Morgan fingerprint density at radius 3 is 2.59 bits per heavy atom. The van der Waals surface area contributed by atoms with E-state index in [-0.39, 0.29) is 17.8 Å². The number of carbonyl (C=O) groups is 1. The van der Waals surface area contributed by atoms with Gasteiger partial charge in [-0.3, -0.25) is 4.79 Å². The maximum atomic E-state index is 12.8. The van der Waals surface area contributed by atoms with Crippen molar-refractivity contribution in [3.8, 4) is 0 Å². The summed E-state index contributed by atoms with van der Waals surface area (Å²) in [6.45, 7) is 4.81. The summed E-state index contributed by atoms with van der Waals surface area (Å²) in [6, 6.07) is 0. The lowest BCUT2D eigenvalue weighted by molar-refractivity contribution is -0.134. The first-order valence-corrected chi connectivity index (χ1v) is 9.83. The van der Waals surface area contributed by atoms with Gasteiger partial charge >= 0.3 is 0 Å². The van der Waals surface area contributed by atoms with Gasteiger partial charge in [0.1, 0.15) is 0 Å². The molecule has 2 rings (SSSR count). The number of nitrogens with zero attached hydrogens (tertiary/aromatic N) is 1. The first-order valence-electron chi connectivity index (χ1n) is 8.78. The van der Waals surface area contributed by atoms with Crippen molar-refractivity contribution >= 4 is 30.1 Å². The third kappa shape index (κ3) is 5.61. The quantitative estimate of drug-likeness (QED) is 0.821. The molecule has 0 bridgehead atoms. The molecule has 1 amide bonds. The average molecular weight is 349 g/mol. The van der Waals surface area contributed by atoms with Crippen LogP contribution in [0.4, 0.5) is 0 Å². The summed E-state index contributed by atoms with van der Waals surface area (Å²) in [5.74, 6) is 1.52. The minimum Gasteiger partial charge on any atom is -0.342 e. The fraction of sp³-hybridized carbons (Fsp3) is 0.941. The molecule has 0 spiro atoms. The molecule has 22 heavy (non-hydrogen) atoms. The number of likely N-dealkylation sites (tertiary alicyclic amines) is 1. The molecule has 0 aromatic carbocycles. The highest BCUT2D eigenvalue weighted by Crippen LogP contribution is 2.39. The van der Waals surface area contributed by atoms with E-state index in [0.29, 0.717) is 24.1 Å². The minimum absolute atomic E-state index is 0. The molecule has 0 aromatic heterocycles. The second-order valence-corrected chi connectivity index (χ2v) is 8.43. The summed E-state index contributed by atoms with van der Waals surface area (Å²) in [4.78, 5) is 14.9. The zero-order chi connectivity index (χ0) is 15.1. The monoisotopic (exact) mass is 348 g/mol. The Balaban J connectivity index is 0.00000242. The molecule has 1 saturated heterocycles. The van der Waals surface area contributed by atoms with Crippen LogP contribution < -0.4 is 5.73 Å². The number of nitrogens with two attached hydrogens (primary N) is 1. The first-order chi connectivity index (χ1) is 10.2. The normalized spacial score (nSPS) is 25.2. The molecule has 1 saturated carbocycles. The SMILES string of the molecule is CCSC1CCCCN(C(=O)CC2(CN)CCCCC2)C1.Cl. The number of halogens is 1. The summed E-state index contributed by atoms with van der Waals surface area (Å²) < 4.78 is 0. The van der Waals surface area contributed by atoms with Crippen LogP contribution in [-0.2, 0) is 4.79 Å². The van der Waals surface area contributed by atoms with Crippen LogP contribution >= 0.6 is 24.2 Å². The van der Waals surface area contributed by atoms with Crippen LogP contribution in [0.3, 0.4) is 0 Å². The van der Waals surface area contributed by atoms with E-state index in [4.69, 9.17) is 5.73 Å². The Bertz CT molecular complexity index is 335. The van der Waals surface area contributed by atoms with Crippen LogP contribution in [0, 0.1) is 5.41 Å². The average Bonchev–Trinajstić information content (AvgIpc) is 2.74. The molecule has 1 aliphatic heterocycles. The van der Waals surface area contributed by atoms with E-state index in [2.05, 4.69) is 11.8 Å². The molecule has 1 aliphatic carbocycles. The highest BCUT2D eigenvalue weighted by atomic mass is 35.5. The smallest absolute Gasteiger partial charge is 0.223 e. The summed E-state index contributed by atoms with van der Waals surface area (Å²) in [6.07, 6.45) is 10.5. The van der Waals surface area contributed by atoms with Crippen molar-refractivity contribution < 1.29 is 4.79 Å². The molecule has 1 unspecified atom stereocenters. The third-order valence-corrected chi connectivity index (χ3v) is 6.45. The lowest BCUT2D eigenvalue weighted by Crippen LogP contribution is -2.42. The van der Waals surface area contributed by atoms with Crippen molar-refractivity contribution in [1.29, 1.82) is 0 Å². The van der Waals surface area contributed by atoms with Gasteiger partial charge in [-0.1, -0.05) is 32.6 Å². The van der Waals surface area contributed by atoms with Gasteiger partial charge in [0, 0.05) is 24.8 Å². The molecule has 5 heteroatoms. The summed E-state index contributed by atoms with van der Waals surface area (Å²) in [7, 11) is 0. The van der Waals surface area contributed by atoms with Crippen LogP contribution in [0.25, 0.3) is 0 Å². The van der Waals surface area contributed by atoms with Gasteiger partial charge in [-0.2, -0.15) is 11.8 Å². The molecule has 130 valence electrons. The lowest BCUT2D eigenvalue weighted by Gasteiger charge is -2.37. The largest absolute Gasteiger partial charge is 0.342 e. The number of rotatable bonds is 5. The van der Waals surface area contributed by atoms with E-state index in [0.717, 1.165) is 31.7 Å². The number of hydrogen-bond donors (Lipinski definition) is 1. The molecule has 2 fully saturated rings. The number of amides is 1. The predicted octanol–water partition coefficient (Wildman–Crippen LogP) is 3.84. The van der Waals surface area contributed by atoms with Crippen LogP contribution in [0.2, 0.25) is 0 Å². The van der Waals surface area contributed by atoms with Gasteiger partial charge in [0.2, 0.25) is 5.91 Å². The van der Waals surface area contributed by atoms with Gasteiger partial charge < -0.3 is 10.6 Å². The van der Waals surface area contributed by atoms with Gasteiger partial charge in [0.05, 0.1) is 0 Å². The van der Waals surface area contributed by atoms with Crippen LogP contribution in [0.15, 0.2) is 0 Å². The number of hydrogen-bond acceptors (Lipinski definition) is 3. The zero-order valence-electron chi connectivity index (χ0n) is 14.0. The van der Waals surface area contributed by atoms with E-state index in [9.17, 15) is 4.79 Å². The first kappa shape index (κ1) is 20.1. The minimum atomic E-state index is 0. The Morgan fingerprint density at radius 1 is 1.23 bits per heavy atom. The Kier molecular flexibility index (Phi) is 9.18. The molecule has 2 N–H and O–H groups in total. The van der Waals surface area contributed by atoms with Crippen molar-refractivity contribution in [3.63, 3.8) is 0 Å². The van der Waals surface area contributed by atoms with Crippen molar-refractivity contribution in [1.82, 2.24) is 4.90 Å². The van der Waals surface area contributed by atoms with Crippen LogP contribution in [0.1, 0.15) is 64.7 Å². The van der Waals surface area contributed by atoms with Gasteiger partial charge in [-0.05, 0) is 43.4 Å². The Hall–Kier alpha value is 0.0700. The number of carbonyl (C=O) groups excluding carboxylic acids is 1. The molecule has 0 radical (unpaired) electrons. The van der Waals surface area contributed by atoms with Gasteiger partial charge in [-0.15, -0.1) is 12.4 Å². The molecule has 0 aromatic rings. The second-order valence-electron chi connectivity index (χ2n) is 6.85.